The molecular weight excluding hydrogens is 376 g/mol. The third kappa shape index (κ3) is 3.22. The van der Waals surface area contributed by atoms with Crippen LogP contribution in [-0.2, 0) is 5.60 Å². The van der Waals surface area contributed by atoms with Crippen molar-refractivity contribution in [1.82, 2.24) is 19.6 Å². The molecule has 1 N–H and O–H groups in total. The molecule has 0 bridgehead atoms. The van der Waals surface area contributed by atoms with E-state index in [-0.39, 0.29) is 28.3 Å². The van der Waals surface area contributed by atoms with Crippen LogP contribution in [0.5, 0.6) is 0 Å². The number of nitrogens with zero attached hydrogens (tertiary/aromatic N) is 5. The summed E-state index contributed by atoms with van der Waals surface area (Å²) in [5.74, 6) is -1.43. The molecule has 8 heteroatoms. The molecule has 0 amide bonds. The van der Waals surface area contributed by atoms with E-state index in [1.54, 1.807) is 0 Å². The quantitative estimate of drug-likeness (QED) is 0.519. The number of benzene rings is 2. The smallest absolute Gasteiger partial charge is 0.251 e. The number of hydrogen-bond donors (Lipinski definition) is 1. The van der Waals surface area contributed by atoms with Crippen molar-refractivity contribution in [3.05, 3.63) is 77.5 Å². The minimum Gasteiger partial charge on any atom is -0.384 e. The SMILES string of the molecule is [2H]C([2H])([2H])C(C)(O)c1cnn2c(-c3ccc(F)c(-c4c(F)cccc4[N+]#[C-])c3)cnc2n1. The first kappa shape index (κ1) is 15.2. The molecule has 0 spiro atoms. The van der Waals surface area contributed by atoms with Crippen molar-refractivity contribution in [2.75, 3.05) is 0 Å². The average Bonchev–Trinajstić information content (AvgIpc) is 3.16. The van der Waals surface area contributed by atoms with Gasteiger partial charge < -0.3 is 5.11 Å². The second-order valence-electron chi connectivity index (χ2n) is 6.51. The summed E-state index contributed by atoms with van der Waals surface area (Å²) in [6.07, 6.45) is 2.50. The van der Waals surface area contributed by atoms with Gasteiger partial charge in [0.2, 0.25) is 0 Å². The lowest BCUT2D eigenvalue weighted by Gasteiger charge is -2.15. The van der Waals surface area contributed by atoms with Crippen LogP contribution in [-0.4, -0.2) is 24.7 Å². The molecule has 4 rings (SSSR count). The fourth-order valence-corrected chi connectivity index (χ4v) is 2.96. The molecule has 2 aromatic heterocycles. The van der Waals surface area contributed by atoms with Gasteiger partial charge in [-0.15, -0.1) is 0 Å². The summed E-state index contributed by atoms with van der Waals surface area (Å²) in [6.45, 7) is 5.64. The number of hydrogen-bond acceptors (Lipinski definition) is 4. The highest BCUT2D eigenvalue weighted by Crippen LogP contribution is 2.36. The molecule has 144 valence electrons. The van der Waals surface area contributed by atoms with Crippen molar-refractivity contribution >= 4 is 11.5 Å². The molecule has 0 saturated heterocycles. The normalized spacial score (nSPS) is 15.2. The molecule has 0 aliphatic rings. The monoisotopic (exact) mass is 394 g/mol. The Balaban J connectivity index is 1.85. The maximum atomic E-state index is 14.6. The van der Waals surface area contributed by atoms with E-state index in [0.29, 0.717) is 11.3 Å². The van der Waals surface area contributed by atoms with E-state index >= 15 is 0 Å². The molecule has 0 aliphatic heterocycles. The van der Waals surface area contributed by atoms with Crippen LogP contribution in [0.4, 0.5) is 14.5 Å². The Morgan fingerprint density at radius 2 is 2.03 bits per heavy atom. The first-order valence-electron chi connectivity index (χ1n) is 9.94. The third-order valence-electron chi connectivity index (χ3n) is 4.38. The van der Waals surface area contributed by atoms with Crippen molar-refractivity contribution in [3.63, 3.8) is 0 Å². The summed E-state index contributed by atoms with van der Waals surface area (Å²) in [4.78, 5) is 11.5. The lowest BCUT2D eigenvalue weighted by molar-refractivity contribution is 0.0734. The minimum atomic E-state index is -2.73. The standard InChI is InChI=1S/C21H15F2N5O/c1-21(2,29)18-11-26-28-17(10-25-20(28)27-18)12-7-8-14(22)13(9-12)19-15(23)5-4-6-16(19)24-3/h4-11,29H,1-2H3/i1D3. The van der Waals surface area contributed by atoms with Gasteiger partial charge in [0.25, 0.3) is 5.78 Å². The van der Waals surface area contributed by atoms with Gasteiger partial charge in [0.1, 0.15) is 17.2 Å². The van der Waals surface area contributed by atoms with E-state index < -0.39 is 24.1 Å². The van der Waals surface area contributed by atoms with Crippen molar-refractivity contribution in [2.24, 2.45) is 0 Å². The Bertz CT molecular complexity index is 1390. The van der Waals surface area contributed by atoms with Gasteiger partial charge in [-0.2, -0.15) is 9.61 Å². The van der Waals surface area contributed by atoms with Crippen LogP contribution in [0.25, 0.3) is 33.0 Å². The maximum absolute atomic E-state index is 14.6. The molecule has 6 nitrogen and oxygen atoms in total. The second kappa shape index (κ2) is 6.72. The maximum Gasteiger partial charge on any atom is 0.251 e. The molecule has 0 fully saturated rings. The van der Waals surface area contributed by atoms with Gasteiger partial charge in [-0.05, 0) is 38.0 Å². The first-order chi connectivity index (χ1) is 15.0. The minimum absolute atomic E-state index is 0.0145. The number of imidazole rings is 1. The van der Waals surface area contributed by atoms with E-state index in [4.69, 9.17) is 10.7 Å². The molecule has 0 saturated carbocycles. The molecule has 2 aromatic carbocycles. The summed E-state index contributed by atoms with van der Waals surface area (Å²) in [5.41, 5.74) is -1.93. The third-order valence-corrected chi connectivity index (χ3v) is 4.38. The Morgan fingerprint density at radius 1 is 1.21 bits per heavy atom. The molecule has 2 heterocycles. The second-order valence-corrected chi connectivity index (χ2v) is 6.51. The number of rotatable bonds is 3. The van der Waals surface area contributed by atoms with Crippen LogP contribution < -0.4 is 0 Å². The van der Waals surface area contributed by atoms with Crippen molar-refractivity contribution < 1.29 is 18.0 Å². The number of aliphatic hydroxyl groups is 1. The zero-order valence-corrected chi connectivity index (χ0v) is 15.1. The molecule has 0 radical (unpaired) electrons. The fourth-order valence-electron chi connectivity index (χ4n) is 2.96. The average molecular weight is 394 g/mol. The van der Waals surface area contributed by atoms with E-state index in [1.807, 2.05) is 0 Å². The summed E-state index contributed by atoms with van der Waals surface area (Å²) in [6, 6.07) is 7.88. The van der Waals surface area contributed by atoms with Gasteiger partial charge in [-0.3, -0.25) is 0 Å². The van der Waals surface area contributed by atoms with E-state index in [0.717, 1.165) is 25.3 Å². The Labute approximate surface area is 169 Å². The van der Waals surface area contributed by atoms with Gasteiger partial charge >= 0.3 is 0 Å². The van der Waals surface area contributed by atoms with Crippen molar-refractivity contribution in [3.8, 4) is 22.4 Å². The summed E-state index contributed by atoms with van der Waals surface area (Å²) < 4.78 is 52.8. The highest BCUT2D eigenvalue weighted by atomic mass is 19.1. The number of halogens is 2. The Morgan fingerprint density at radius 3 is 2.79 bits per heavy atom. The lowest BCUT2D eigenvalue weighted by Crippen LogP contribution is -2.19. The van der Waals surface area contributed by atoms with Crippen LogP contribution in [0, 0.1) is 18.2 Å². The van der Waals surface area contributed by atoms with E-state index in [1.165, 1.54) is 35.0 Å². The molecule has 29 heavy (non-hydrogen) atoms. The summed E-state index contributed by atoms with van der Waals surface area (Å²) in [5, 5.41) is 14.5. The molecule has 0 aliphatic carbocycles. The molecule has 1 atom stereocenters. The number of fused-ring (bicyclic) bond motifs is 1. The first-order valence-corrected chi connectivity index (χ1v) is 8.44. The lowest BCUT2D eigenvalue weighted by atomic mass is 9.99. The van der Waals surface area contributed by atoms with E-state index in [2.05, 4.69) is 19.9 Å². The van der Waals surface area contributed by atoms with Gasteiger partial charge in [-0.25, -0.2) is 23.6 Å². The Hall–Kier alpha value is -3.70. The molecular formula is C21H15F2N5O. The summed E-state index contributed by atoms with van der Waals surface area (Å²) >= 11 is 0. The van der Waals surface area contributed by atoms with E-state index in [9.17, 15) is 13.9 Å². The predicted molar refractivity (Wildman–Crippen MR) is 103 cm³/mol. The molecule has 4 aromatic rings. The van der Waals surface area contributed by atoms with Gasteiger partial charge in [0.05, 0.1) is 30.4 Å². The number of aromatic nitrogens is 4. The largest absolute Gasteiger partial charge is 0.384 e. The van der Waals surface area contributed by atoms with Crippen LogP contribution in [0.2, 0.25) is 0 Å². The molecule has 1 unspecified atom stereocenters. The zero-order chi connectivity index (χ0) is 23.3. The van der Waals surface area contributed by atoms with Crippen LogP contribution in [0.15, 0.2) is 48.8 Å². The predicted octanol–water partition coefficient (Wildman–Crippen LogP) is 4.51. The van der Waals surface area contributed by atoms with Crippen LogP contribution in [0.1, 0.15) is 23.6 Å². The highest BCUT2D eigenvalue weighted by molar-refractivity contribution is 5.82. The summed E-state index contributed by atoms with van der Waals surface area (Å²) in [7, 11) is 0. The topological polar surface area (TPSA) is 67.7 Å². The fraction of sp³-hybridized carbons (Fsp3) is 0.143. The highest BCUT2D eigenvalue weighted by Gasteiger charge is 2.21. The zero-order valence-electron chi connectivity index (χ0n) is 18.1. The van der Waals surface area contributed by atoms with Gasteiger partial charge in [0, 0.05) is 20.8 Å². The van der Waals surface area contributed by atoms with Gasteiger partial charge in [0.15, 0.2) is 5.69 Å². The van der Waals surface area contributed by atoms with Crippen LogP contribution in [0.3, 0.4) is 0 Å². The Kier molecular flexibility index (Phi) is 3.53. The van der Waals surface area contributed by atoms with Crippen molar-refractivity contribution in [1.29, 1.82) is 0 Å². The van der Waals surface area contributed by atoms with Gasteiger partial charge in [-0.1, -0.05) is 12.1 Å². The van der Waals surface area contributed by atoms with Crippen molar-refractivity contribution in [2.45, 2.75) is 19.4 Å². The van der Waals surface area contributed by atoms with Crippen LogP contribution >= 0.6 is 0 Å².